The zero-order valence-corrected chi connectivity index (χ0v) is 14.8. The van der Waals surface area contributed by atoms with Gasteiger partial charge in [0.05, 0.1) is 0 Å². The van der Waals surface area contributed by atoms with Crippen LogP contribution in [0.15, 0.2) is 0 Å². The van der Waals surface area contributed by atoms with Gasteiger partial charge in [-0.25, -0.2) is 0 Å². The van der Waals surface area contributed by atoms with Crippen LogP contribution in [0.4, 0.5) is 0 Å². The van der Waals surface area contributed by atoms with E-state index in [-0.39, 0.29) is 0 Å². The summed E-state index contributed by atoms with van der Waals surface area (Å²) in [7, 11) is 0. The number of thiocarbonyl (C=S) groups is 1. The SMILES string of the molecule is CCN(CC)CCCSC(=S)N1CC2CCC(CC2)C1. The Morgan fingerprint density at radius 3 is 2.15 bits per heavy atom. The average molecular weight is 315 g/mol. The van der Waals surface area contributed by atoms with Gasteiger partial charge in [0.25, 0.3) is 0 Å². The second-order valence-corrected chi connectivity index (χ2v) is 8.02. The van der Waals surface area contributed by atoms with Gasteiger partial charge in [-0.1, -0.05) is 37.8 Å². The van der Waals surface area contributed by atoms with Gasteiger partial charge < -0.3 is 9.80 Å². The molecule has 0 aromatic rings. The average Bonchev–Trinajstić information content (AvgIpc) is 2.81. The van der Waals surface area contributed by atoms with E-state index >= 15 is 0 Å². The van der Waals surface area contributed by atoms with Crippen molar-refractivity contribution < 1.29 is 0 Å². The summed E-state index contributed by atoms with van der Waals surface area (Å²) in [6.45, 7) is 10.5. The third-order valence-electron chi connectivity index (χ3n) is 4.92. The molecule has 3 aliphatic rings. The number of rotatable bonds is 6. The minimum absolute atomic E-state index is 0.919. The molecular weight excluding hydrogens is 284 g/mol. The number of thioether (sulfide) groups is 1. The topological polar surface area (TPSA) is 6.48 Å². The maximum Gasteiger partial charge on any atom is 0.136 e. The number of nitrogens with zero attached hydrogens (tertiary/aromatic N) is 2. The monoisotopic (exact) mass is 314 g/mol. The number of fused-ring (bicyclic) bond motifs is 4. The van der Waals surface area contributed by atoms with E-state index in [4.69, 9.17) is 12.2 Å². The van der Waals surface area contributed by atoms with Crippen molar-refractivity contribution in [3.63, 3.8) is 0 Å². The second kappa shape index (κ2) is 8.60. The Kier molecular flexibility index (Phi) is 7.12. The first-order valence-corrected chi connectivity index (χ1v) is 9.76. The zero-order valence-electron chi connectivity index (χ0n) is 13.1. The lowest BCUT2D eigenvalue weighted by Crippen LogP contribution is -2.32. The third-order valence-corrected chi connectivity index (χ3v) is 6.53. The molecule has 0 unspecified atom stereocenters. The van der Waals surface area contributed by atoms with Crippen LogP contribution < -0.4 is 0 Å². The maximum atomic E-state index is 5.68. The first-order valence-electron chi connectivity index (χ1n) is 8.37. The summed E-state index contributed by atoms with van der Waals surface area (Å²) in [6, 6.07) is 0. The highest BCUT2D eigenvalue weighted by molar-refractivity contribution is 8.22. The van der Waals surface area contributed by atoms with Crippen molar-refractivity contribution in [2.24, 2.45) is 11.8 Å². The standard InChI is InChI=1S/C16H30N2S2/c1-3-17(4-2)10-5-11-20-16(19)18-12-14-6-7-15(13-18)9-8-14/h14-15H,3-13H2,1-2H3. The van der Waals surface area contributed by atoms with Gasteiger partial charge in [-0.2, -0.15) is 0 Å². The molecule has 0 radical (unpaired) electrons. The van der Waals surface area contributed by atoms with Gasteiger partial charge >= 0.3 is 0 Å². The molecule has 4 heteroatoms. The van der Waals surface area contributed by atoms with Gasteiger partial charge in [0.2, 0.25) is 0 Å². The molecular formula is C16H30N2S2. The lowest BCUT2D eigenvalue weighted by Gasteiger charge is -2.25. The summed E-state index contributed by atoms with van der Waals surface area (Å²) in [5.41, 5.74) is 0. The molecule has 1 aliphatic carbocycles. The van der Waals surface area contributed by atoms with E-state index < -0.39 is 0 Å². The first kappa shape index (κ1) is 16.6. The molecule has 0 amide bonds. The van der Waals surface area contributed by atoms with Crippen molar-refractivity contribution in [1.82, 2.24) is 9.80 Å². The van der Waals surface area contributed by atoms with Gasteiger partial charge in [0, 0.05) is 18.8 Å². The third kappa shape index (κ3) is 4.88. The highest BCUT2D eigenvalue weighted by atomic mass is 32.2. The minimum atomic E-state index is 0.919. The molecule has 0 aromatic heterocycles. The van der Waals surface area contributed by atoms with Crippen LogP contribution in [-0.4, -0.2) is 52.6 Å². The molecule has 20 heavy (non-hydrogen) atoms. The molecule has 0 atom stereocenters. The molecule has 2 heterocycles. The van der Waals surface area contributed by atoms with Gasteiger partial charge in [-0.05, 0) is 63.6 Å². The summed E-state index contributed by atoms with van der Waals surface area (Å²) in [5, 5.41) is 0. The van der Waals surface area contributed by atoms with Crippen LogP contribution in [0.25, 0.3) is 0 Å². The van der Waals surface area contributed by atoms with Crippen molar-refractivity contribution >= 4 is 28.3 Å². The smallest absolute Gasteiger partial charge is 0.136 e. The van der Waals surface area contributed by atoms with Crippen LogP contribution in [-0.2, 0) is 0 Å². The van der Waals surface area contributed by atoms with Crippen molar-refractivity contribution in [3.8, 4) is 0 Å². The van der Waals surface area contributed by atoms with Crippen LogP contribution in [0.5, 0.6) is 0 Å². The van der Waals surface area contributed by atoms with Crippen LogP contribution in [0.3, 0.4) is 0 Å². The van der Waals surface area contributed by atoms with Crippen molar-refractivity contribution in [3.05, 3.63) is 0 Å². The van der Waals surface area contributed by atoms with Gasteiger partial charge in [0.15, 0.2) is 0 Å². The normalized spacial score (nSPS) is 26.1. The van der Waals surface area contributed by atoms with Crippen molar-refractivity contribution in [2.45, 2.75) is 46.0 Å². The Bertz CT molecular complexity index is 283. The van der Waals surface area contributed by atoms with Crippen molar-refractivity contribution in [2.75, 3.05) is 38.5 Å². The molecule has 2 saturated heterocycles. The van der Waals surface area contributed by atoms with Crippen LogP contribution in [0.1, 0.15) is 46.0 Å². The van der Waals surface area contributed by atoms with Crippen LogP contribution in [0.2, 0.25) is 0 Å². The predicted octanol–water partition coefficient (Wildman–Crippen LogP) is 3.86. The molecule has 0 spiro atoms. The highest BCUT2D eigenvalue weighted by Gasteiger charge is 2.30. The first-order chi connectivity index (χ1) is 9.72. The molecule has 2 aliphatic heterocycles. The predicted molar refractivity (Wildman–Crippen MR) is 94.5 cm³/mol. The molecule has 2 bridgehead atoms. The van der Waals surface area contributed by atoms with E-state index in [1.54, 1.807) is 0 Å². The van der Waals surface area contributed by atoms with Crippen LogP contribution >= 0.6 is 24.0 Å². The zero-order chi connectivity index (χ0) is 14.4. The van der Waals surface area contributed by atoms with E-state index in [0.717, 1.165) is 11.8 Å². The summed E-state index contributed by atoms with van der Waals surface area (Å²) in [6.07, 6.45) is 7.02. The quantitative estimate of drug-likeness (QED) is 0.542. The second-order valence-electron chi connectivity index (χ2n) is 6.29. The fourth-order valence-corrected chi connectivity index (χ4v) is 4.70. The minimum Gasteiger partial charge on any atom is -0.357 e. The van der Waals surface area contributed by atoms with Gasteiger partial charge in [-0.3, -0.25) is 0 Å². The largest absolute Gasteiger partial charge is 0.357 e. The Hall–Kier alpha value is 0.200. The highest BCUT2D eigenvalue weighted by Crippen LogP contribution is 2.34. The molecule has 0 aromatic carbocycles. The lowest BCUT2D eigenvalue weighted by atomic mass is 9.84. The van der Waals surface area contributed by atoms with E-state index in [1.807, 2.05) is 11.8 Å². The molecule has 3 fully saturated rings. The maximum absolute atomic E-state index is 5.68. The van der Waals surface area contributed by atoms with E-state index in [0.29, 0.717) is 0 Å². The van der Waals surface area contributed by atoms with Gasteiger partial charge in [0.1, 0.15) is 4.32 Å². The summed E-state index contributed by atoms with van der Waals surface area (Å²) < 4.78 is 1.17. The summed E-state index contributed by atoms with van der Waals surface area (Å²) >= 11 is 7.60. The van der Waals surface area contributed by atoms with Crippen molar-refractivity contribution in [1.29, 1.82) is 0 Å². The Morgan fingerprint density at radius 1 is 1.10 bits per heavy atom. The van der Waals surface area contributed by atoms with E-state index in [9.17, 15) is 0 Å². The molecule has 0 N–H and O–H groups in total. The Labute approximate surface area is 134 Å². The summed E-state index contributed by atoms with van der Waals surface area (Å²) in [4.78, 5) is 5.02. The molecule has 2 nitrogen and oxygen atoms in total. The molecule has 1 saturated carbocycles. The fraction of sp³-hybridized carbons (Fsp3) is 0.938. The number of hydrogen-bond donors (Lipinski definition) is 0. The van der Waals surface area contributed by atoms with Crippen LogP contribution in [0, 0.1) is 11.8 Å². The van der Waals surface area contributed by atoms with Gasteiger partial charge in [-0.15, -0.1) is 0 Å². The van der Waals surface area contributed by atoms with E-state index in [1.165, 1.54) is 74.9 Å². The number of hydrogen-bond acceptors (Lipinski definition) is 3. The molecule has 3 rings (SSSR count). The molecule has 116 valence electrons. The lowest BCUT2D eigenvalue weighted by molar-refractivity contribution is 0.305. The Balaban J connectivity index is 1.67. The fourth-order valence-electron chi connectivity index (χ4n) is 3.52. The Morgan fingerprint density at radius 2 is 1.65 bits per heavy atom. The summed E-state index contributed by atoms with van der Waals surface area (Å²) in [5.74, 6) is 3.02. The van der Waals surface area contributed by atoms with E-state index in [2.05, 4.69) is 23.6 Å².